The van der Waals surface area contributed by atoms with Gasteiger partial charge < -0.3 is 19.7 Å². The molecule has 9 nitrogen and oxygen atoms in total. The van der Waals surface area contributed by atoms with Crippen molar-refractivity contribution >= 4 is 23.2 Å². The standard InChI is InChI=1S/C22H25N3O6/c1-14-4-6-17(7-5-14)24-13-16(11-21(24)26)22(27)23-9-8-15-10-19(30-2)20(31-3)12-18(15)25(28)29/h4-7,10,12,16H,8-9,11,13H2,1-3H3,(H,23,27). The molecule has 1 atom stereocenters. The van der Waals surface area contributed by atoms with Gasteiger partial charge in [0.2, 0.25) is 11.8 Å². The molecule has 31 heavy (non-hydrogen) atoms. The van der Waals surface area contributed by atoms with Crippen molar-refractivity contribution in [3.8, 4) is 11.5 Å². The minimum atomic E-state index is -0.492. The molecule has 3 rings (SSSR count). The van der Waals surface area contributed by atoms with Crippen LogP contribution in [0.5, 0.6) is 11.5 Å². The lowest BCUT2D eigenvalue weighted by Crippen LogP contribution is -2.34. The first-order valence-electron chi connectivity index (χ1n) is 9.88. The summed E-state index contributed by atoms with van der Waals surface area (Å²) in [6, 6.07) is 10.4. The summed E-state index contributed by atoms with van der Waals surface area (Å²) in [5.41, 5.74) is 2.18. The maximum atomic E-state index is 12.6. The summed E-state index contributed by atoms with van der Waals surface area (Å²) in [4.78, 5) is 37.5. The quantitative estimate of drug-likeness (QED) is 0.512. The third kappa shape index (κ3) is 4.93. The van der Waals surface area contributed by atoms with Crippen LogP contribution < -0.4 is 19.7 Å². The first-order valence-corrected chi connectivity index (χ1v) is 9.88. The number of anilines is 1. The van der Waals surface area contributed by atoms with Crippen LogP contribution in [0.1, 0.15) is 17.5 Å². The van der Waals surface area contributed by atoms with Gasteiger partial charge in [-0.05, 0) is 31.5 Å². The molecule has 0 radical (unpaired) electrons. The Morgan fingerprint density at radius 2 is 1.84 bits per heavy atom. The number of hydrogen-bond donors (Lipinski definition) is 1. The molecule has 1 fully saturated rings. The van der Waals surface area contributed by atoms with Gasteiger partial charge in [0.05, 0.1) is 31.1 Å². The summed E-state index contributed by atoms with van der Waals surface area (Å²) in [5.74, 6) is -0.160. The number of carbonyl (C=O) groups is 2. The monoisotopic (exact) mass is 427 g/mol. The fourth-order valence-electron chi connectivity index (χ4n) is 3.60. The lowest BCUT2D eigenvalue weighted by atomic mass is 10.1. The Balaban J connectivity index is 1.62. The van der Waals surface area contributed by atoms with E-state index in [1.807, 2.05) is 31.2 Å². The van der Waals surface area contributed by atoms with Crippen LogP contribution in [-0.4, -0.2) is 44.0 Å². The normalized spacial score (nSPS) is 15.6. The van der Waals surface area contributed by atoms with Gasteiger partial charge in [0.1, 0.15) is 0 Å². The summed E-state index contributed by atoms with van der Waals surface area (Å²) in [6.07, 6.45) is 0.376. The van der Waals surface area contributed by atoms with E-state index in [0.29, 0.717) is 17.9 Å². The summed E-state index contributed by atoms with van der Waals surface area (Å²) in [7, 11) is 2.86. The highest BCUT2D eigenvalue weighted by atomic mass is 16.6. The van der Waals surface area contributed by atoms with Crippen molar-refractivity contribution < 1.29 is 24.0 Å². The topological polar surface area (TPSA) is 111 Å². The number of nitrogens with one attached hydrogen (secondary N) is 1. The maximum absolute atomic E-state index is 12.6. The molecule has 164 valence electrons. The maximum Gasteiger partial charge on any atom is 0.276 e. The molecule has 0 aliphatic carbocycles. The van der Waals surface area contributed by atoms with Crippen molar-refractivity contribution in [1.29, 1.82) is 0 Å². The van der Waals surface area contributed by atoms with Crippen molar-refractivity contribution in [3.63, 3.8) is 0 Å². The van der Waals surface area contributed by atoms with Gasteiger partial charge in [0, 0.05) is 30.8 Å². The van der Waals surface area contributed by atoms with Crippen LogP contribution in [0.3, 0.4) is 0 Å². The van der Waals surface area contributed by atoms with E-state index in [1.165, 1.54) is 20.3 Å². The molecule has 1 heterocycles. The van der Waals surface area contributed by atoms with E-state index >= 15 is 0 Å². The molecule has 9 heteroatoms. The van der Waals surface area contributed by atoms with Crippen LogP contribution in [0.4, 0.5) is 11.4 Å². The third-order valence-corrected chi connectivity index (χ3v) is 5.32. The predicted octanol–water partition coefficient (Wildman–Crippen LogP) is 2.63. The van der Waals surface area contributed by atoms with Crippen LogP contribution in [0.25, 0.3) is 0 Å². The van der Waals surface area contributed by atoms with Crippen LogP contribution in [-0.2, 0) is 16.0 Å². The lowest BCUT2D eigenvalue weighted by Gasteiger charge is -2.17. The molecule has 0 aromatic heterocycles. The van der Waals surface area contributed by atoms with Gasteiger partial charge in [-0.15, -0.1) is 0 Å². The molecule has 0 spiro atoms. The van der Waals surface area contributed by atoms with E-state index in [1.54, 1.807) is 11.0 Å². The largest absolute Gasteiger partial charge is 0.493 e. The molecular weight excluding hydrogens is 402 g/mol. The smallest absolute Gasteiger partial charge is 0.276 e. The van der Waals surface area contributed by atoms with Gasteiger partial charge in [-0.2, -0.15) is 0 Å². The number of benzene rings is 2. The number of rotatable bonds is 8. The second-order valence-corrected chi connectivity index (χ2v) is 7.37. The average Bonchev–Trinajstić information content (AvgIpc) is 3.15. The molecule has 1 aliphatic heterocycles. The minimum Gasteiger partial charge on any atom is -0.493 e. The molecular formula is C22H25N3O6. The fraction of sp³-hybridized carbons (Fsp3) is 0.364. The molecule has 2 amide bonds. The molecule has 1 N–H and O–H groups in total. The molecule has 0 bridgehead atoms. The molecule has 1 saturated heterocycles. The Hall–Kier alpha value is -3.62. The Morgan fingerprint density at radius 1 is 1.19 bits per heavy atom. The van der Waals surface area contributed by atoms with E-state index < -0.39 is 10.8 Å². The van der Waals surface area contributed by atoms with Crippen LogP contribution in [0, 0.1) is 23.0 Å². The van der Waals surface area contributed by atoms with E-state index in [9.17, 15) is 19.7 Å². The van der Waals surface area contributed by atoms with Gasteiger partial charge >= 0.3 is 0 Å². The minimum absolute atomic E-state index is 0.0977. The van der Waals surface area contributed by atoms with E-state index in [2.05, 4.69) is 5.32 Å². The summed E-state index contributed by atoms with van der Waals surface area (Å²) in [6.45, 7) is 2.48. The molecule has 1 aliphatic rings. The number of amides is 2. The number of ether oxygens (including phenoxy) is 2. The van der Waals surface area contributed by atoms with Crippen molar-refractivity contribution in [3.05, 3.63) is 57.6 Å². The van der Waals surface area contributed by atoms with Crippen molar-refractivity contribution in [1.82, 2.24) is 5.32 Å². The van der Waals surface area contributed by atoms with Gasteiger partial charge in [-0.3, -0.25) is 19.7 Å². The Morgan fingerprint density at radius 3 is 2.45 bits per heavy atom. The summed E-state index contributed by atoms with van der Waals surface area (Å²) < 4.78 is 10.3. The number of hydrogen-bond acceptors (Lipinski definition) is 6. The number of aryl methyl sites for hydroxylation is 1. The molecule has 1 unspecified atom stereocenters. The number of nitro groups is 1. The zero-order valence-corrected chi connectivity index (χ0v) is 17.7. The summed E-state index contributed by atoms with van der Waals surface area (Å²) in [5, 5.41) is 14.2. The summed E-state index contributed by atoms with van der Waals surface area (Å²) >= 11 is 0. The zero-order valence-electron chi connectivity index (χ0n) is 17.7. The number of methoxy groups -OCH3 is 2. The fourth-order valence-corrected chi connectivity index (χ4v) is 3.60. The van der Waals surface area contributed by atoms with Crippen molar-refractivity contribution in [2.24, 2.45) is 5.92 Å². The zero-order chi connectivity index (χ0) is 22.5. The van der Waals surface area contributed by atoms with Crippen LogP contribution >= 0.6 is 0 Å². The number of nitrogens with zero attached hydrogens (tertiary/aromatic N) is 2. The number of nitro benzene ring substituents is 1. The first-order chi connectivity index (χ1) is 14.8. The Kier molecular flexibility index (Phi) is 6.74. The highest BCUT2D eigenvalue weighted by Gasteiger charge is 2.35. The second kappa shape index (κ2) is 9.46. The highest BCUT2D eigenvalue weighted by Crippen LogP contribution is 2.34. The highest BCUT2D eigenvalue weighted by molar-refractivity contribution is 6.00. The van der Waals surface area contributed by atoms with Gasteiger partial charge in [0.15, 0.2) is 11.5 Å². The predicted molar refractivity (Wildman–Crippen MR) is 115 cm³/mol. The first kappa shape index (κ1) is 22.1. The van der Waals surface area contributed by atoms with Gasteiger partial charge in [0.25, 0.3) is 5.69 Å². The molecule has 2 aromatic carbocycles. The average molecular weight is 427 g/mol. The van der Waals surface area contributed by atoms with Crippen LogP contribution in [0.2, 0.25) is 0 Å². The van der Waals surface area contributed by atoms with Crippen molar-refractivity contribution in [2.75, 3.05) is 32.2 Å². The van der Waals surface area contributed by atoms with Gasteiger partial charge in [-0.25, -0.2) is 0 Å². The molecule has 0 saturated carbocycles. The SMILES string of the molecule is COc1cc(CCNC(=O)C2CC(=O)N(c3ccc(C)cc3)C2)c([N+](=O)[O-])cc1OC. The second-order valence-electron chi connectivity index (χ2n) is 7.37. The van der Waals surface area contributed by atoms with E-state index in [-0.39, 0.29) is 42.6 Å². The van der Waals surface area contributed by atoms with E-state index in [0.717, 1.165) is 11.3 Å². The van der Waals surface area contributed by atoms with E-state index in [4.69, 9.17) is 9.47 Å². The van der Waals surface area contributed by atoms with Crippen LogP contribution in [0.15, 0.2) is 36.4 Å². The Bertz CT molecular complexity index is 989. The Labute approximate surface area is 180 Å². The lowest BCUT2D eigenvalue weighted by molar-refractivity contribution is -0.385. The van der Waals surface area contributed by atoms with Crippen molar-refractivity contribution in [2.45, 2.75) is 19.8 Å². The number of carbonyl (C=O) groups excluding carboxylic acids is 2. The van der Waals surface area contributed by atoms with Gasteiger partial charge in [-0.1, -0.05) is 17.7 Å². The molecule has 2 aromatic rings. The third-order valence-electron chi connectivity index (χ3n) is 5.32.